The molecule has 0 bridgehead atoms. The highest BCUT2D eigenvalue weighted by molar-refractivity contribution is 6.00. The fraction of sp³-hybridized carbons (Fsp3) is 0.875. The fourth-order valence-electron chi connectivity index (χ4n) is 3.40. The molecule has 4 nitrogen and oxygen atoms in total. The maximum Gasteiger partial charge on any atom is 0.319 e. The van der Waals surface area contributed by atoms with Gasteiger partial charge in [-0.1, -0.05) is 19.3 Å². The lowest BCUT2D eigenvalue weighted by molar-refractivity contribution is -0.173. The van der Waals surface area contributed by atoms with Crippen LogP contribution in [0.15, 0.2) is 0 Å². The molecule has 2 rings (SSSR count). The number of hydrogen-bond donors (Lipinski definition) is 0. The van der Waals surface area contributed by atoms with Gasteiger partial charge in [-0.05, 0) is 39.5 Å². The van der Waals surface area contributed by atoms with Gasteiger partial charge in [-0.25, -0.2) is 0 Å². The molecule has 0 aromatic heterocycles. The largest absolute Gasteiger partial charge is 0.462 e. The van der Waals surface area contributed by atoms with Gasteiger partial charge in [0.2, 0.25) is 0 Å². The van der Waals surface area contributed by atoms with Gasteiger partial charge in [0.25, 0.3) is 0 Å². The van der Waals surface area contributed by atoms with Gasteiger partial charge in [-0.2, -0.15) is 0 Å². The standard InChI is InChI=1S/C16H26O4/c1-10(2)19-16(18)15-11(3)20-14(9-13(15)17)12-7-5-4-6-8-12/h10-12,14-15H,4-9H2,1-3H3/t11-,14-,15-/m0/s1. The first kappa shape index (κ1) is 15.5. The van der Waals surface area contributed by atoms with E-state index in [-0.39, 0.29) is 24.1 Å². The molecule has 2 aliphatic rings. The molecular weight excluding hydrogens is 256 g/mol. The lowest BCUT2D eigenvalue weighted by Crippen LogP contribution is -2.47. The number of esters is 1. The van der Waals surface area contributed by atoms with Crippen LogP contribution in [-0.4, -0.2) is 30.1 Å². The third-order valence-electron chi connectivity index (χ3n) is 4.39. The fourth-order valence-corrected chi connectivity index (χ4v) is 3.40. The van der Waals surface area contributed by atoms with Gasteiger partial charge in [0.05, 0.1) is 18.3 Å². The van der Waals surface area contributed by atoms with Crippen molar-refractivity contribution < 1.29 is 19.1 Å². The maximum atomic E-state index is 12.3. The van der Waals surface area contributed by atoms with Crippen molar-refractivity contribution in [2.75, 3.05) is 0 Å². The maximum absolute atomic E-state index is 12.3. The molecule has 0 N–H and O–H groups in total. The van der Waals surface area contributed by atoms with Crippen LogP contribution < -0.4 is 0 Å². The molecule has 20 heavy (non-hydrogen) atoms. The topological polar surface area (TPSA) is 52.6 Å². The highest BCUT2D eigenvalue weighted by Gasteiger charge is 2.43. The molecule has 0 aromatic carbocycles. The Balaban J connectivity index is 1.97. The molecule has 0 unspecified atom stereocenters. The second-order valence-electron chi connectivity index (χ2n) is 6.41. The second kappa shape index (κ2) is 6.70. The van der Waals surface area contributed by atoms with E-state index in [4.69, 9.17) is 9.47 Å². The molecule has 4 heteroatoms. The van der Waals surface area contributed by atoms with E-state index >= 15 is 0 Å². The normalized spacial score (nSPS) is 32.4. The van der Waals surface area contributed by atoms with Gasteiger partial charge in [0, 0.05) is 6.42 Å². The molecule has 1 saturated heterocycles. The molecule has 3 atom stereocenters. The van der Waals surface area contributed by atoms with Crippen molar-refractivity contribution in [1.29, 1.82) is 0 Å². The van der Waals surface area contributed by atoms with E-state index in [0.717, 1.165) is 12.8 Å². The molecule has 2 fully saturated rings. The summed E-state index contributed by atoms with van der Waals surface area (Å²) in [7, 11) is 0. The SMILES string of the molecule is CC(C)OC(=O)[C@@H]1C(=O)C[C@@H](C2CCCCC2)O[C@H]1C. The molecule has 114 valence electrons. The Hall–Kier alpha value is -0.900. The van der Waals surface area contributed by atoms with Crippen molar-refractivity contribution in [3.05, 3.63) is 0 Å². The van der Waals surface area contributed by atoms with Crippen LogP contribution in [0.3, 0.4) is 0 Å². The smallest absolute Gasteiger partial charge is 0.319 e. The highest BCUT2D eigenvalue weighted by atomic mass is 16.5. The van der Waals surface area contributed by atoms with E-state index in [9.17, 15) is 9.59 Å². The predicted octanol–water partition coefficient (Wildman–Crippen LogP) is 2.88. The first-order chi connectivity index (χ1) is 9.49. The van der Waals surface area contributed by atoms with Gasteiger partial charge in [-0.3, -0.25) is 9.59 Å². The van der Waals surface area contributed by atoms with Gasteiger partial charge in [0.1, 0.15) is 5.92 Å². The third-order valence-corrected chi connectivity index (χ3v) is 4.39. The monoisotopic (exact) mass is 282 g/mol. The molecular formula is C16H26O4. The van der Waals surface area contributed by atoms with Crippen LogP contribution in [0.2, 0.25) is 0 Å². The number of Topliss-reactive ketones (excluding diaryl/α,β-unsaturated/α-hetero) is 1. The molecule has 1 heterocycles. The Kier molecular flexibility index (Phi) is 5.19. The summed E-state index contributed by atoms with van der Waals surface area (Å²) in [6.45, 7) is 5.41. The number of hydrogen-bond acceptors (Lipinski definition) is 4. The zero-order valence-corrected chi connectivity index (χ0v) is 12.8. The molecule has 1 aliphatic heterocycles. The quantitative estimate of drug-likeness (QED) is 0.590. The van der Waals surface area contributed by atoms with Crippen LogP contribution in [0.1, 0.15) is 59.3 Å². The summed E-state index contributed by atoms with van der Waals surface area (Å²) in [4.78, 5) is 24.3. The number of carbonyl (C=O) groups excluding carboxylic acids is 2. The lowest BCUT2D eigenvalue weighted by Gasteiger charge is -2.38. The summed E-state index contributed by atoms with van der Waals surface area (Å²) < 4.78 is 11.2. The van der Waals surface area contributed by atoms with Crippen molar-refractivity contribution in [2.45, 2.75) is 77.6 Å². The summed E-state index contributed by atoms with van der Waals surface area (Å²) in [5.41, 5.74) is 0. The highest BCUT2D eigenvalue weighted by Crippen LogP contribution is 2.34. The minimum Gasteiger partial charge on any atom is -0.462 e. The first-order valence-corrected chi connectivity index (χ1v) is 7.87. The van der Waals surface area contributed by atoms with Crippen molar-refractivity contribution in [3.8, 4) is 0 Å². The minimum absolute atomic E-state index is 0.000833. The Bertz CT molecular complexity index is 357. The lowest BCUT2D eigenvalue weighted by atomic mass is 9.80. The molecule has 0 radical (unpaired) electrons. The molecule has 0 aromatic rings. The van der Waals surface area contributed by atoms with Crippen molar-refractivity contribution in [3.63, 3.8) is 0 Å². The third kappa shape index (κ3) is 3.60. The van der Waals surface area contributed by atoms with E-state index in [1.807, 2.05) is 6.92 Å². The zero-order chi connectivity index (χ0) is 14.7. The molecule has 1 aliphatic carbocycles. The van der Waals surface area contributed by atoms with E-state index in [0.29, 0.717) is 12.3 Å². The zero-order valence-electron chi connectivity index (χ0n) is 12.8. The van der Waals surface area contributed by atoms with Crippen LogP contribution in [-0.2, 0) is 19.1 Å². The van der Waals surface area contributed by atoms with Crippen molar-refractivity contribution in [1.82, 2.24) is 0 Å². The van der Waals surface area contributed by atoms with Gasteiger partial charge in [-0.15, -0.1) is 0 Å². The van der Waals surface area contributed by atoms with Crippen molar-refractivity contribution in [2.24, 2.45) is 11.8 Å². The Labute approximate surface area is 121 Å². The van der Waals surface area contributed by atoms with Gasteiger partial charge >= 0.3 is 5.97 Å². The second-order valence-corrected chi connectivity index (χ2v) is 6.41. The summed E-state index contributed by atoms with van der Waals surface area (Å²) in [5, 5.41) is 0. The van der Waals surface area contributed by atoms with Gasteiger partial charge < -0.3 is 9.47 Å². The molecule has 1 saturated carbocycles. The number of carbonyl (C=O) groups is 2. The number of rotatable bonds is 3. The van der Waals surface area contributed by atoms with Crippen LogP contribution in [0.4, 0.5) is 0 Å². The average molecular weight is 282 g/mol. The van der Waals surface area contributed by atoms with Crippen LogP contribution in [0.5, 0.6) is 0 Å². The van der Waals surface area contributed by atoms with E-state index in [1.54, 1.807) is 13.8 Å². The first-order valence-electron chi connectivity index (χ1n) is 7.87. The van der Waals surface area contributed by atoms with E-state index in [2.05, 4.69) is 0 Å². The van der Waals surface area contributed by atoms with Gasteiger partial charge in [0.15, 0.2) is 5.78 Å². The minimum atomic E-state index is -0.739. The Morgan fingerprint density at radius 1 is 1.25 bits per heavy atom. The Morgan fingerprint density at radius 3 is 2.45 bits per heavy atom. The van der Waals surface area contributed by atoms with Crippen LogP contribution in [0.25, 0.3) is 0 Å². The number of ketones is 1. The molecule has 0 spiro atoms. The van der Waals surface area contributed by atoms with Crippen LogP contribution >= 0.6 is 0 Å². The van der Waals surface area contributed by atoms with E-state index < -0.39 is 11.9 Å². The predicted molar refractivity (Wildman–Crippen MR) is 75.3 cm³/mol. The average Bonchev–Trinajstić information content (AvgIpc) is 2.38. The summed E-state index contributed by atoms with van der Waals surface area (Å²) in [6, 6.07) is 0. The Morgan fingerprint density at radius 2 is 1.90 bits per heavy atom. The van der Waals surface area contributed by atoms with Crippen molar-refractivity contribution >= 4 is 11.8 Å². The number of ether oxygens (including phenoxy) is 2. The molecule has 0 amide bonds. The summed E-state index contributed by atoms with van der Waals surface area (Å²) >= 11 is 0. The van der Waals surface area contributed by atoms with E-state index in [1.165, 1.54) is 19.3 Å². The summed E-state index contributed by atoms with van der Waals surface area (Å²) in [6.07, 6.45) is 5.84. The summed E-state index contributed by atoms with van der Waals surface area (Å²) in [5.74, 6) is -0.695. The van der Waals surface area contributed by atoms with Crippen LogP contribution in [0, 0.1) is 11.8 Å².